The van der Waals surface area contributed by atoms with Crippen LogP contribution in [0.5, 0.6) is 11.5 Å². The molecule has 2 aromatic carbocycles. The molecule has 4 rings (SSSR count). The van der Waals surface area contributed by atoms with Crippen molar-refractivity contribution in [3.63, 3.8) is 0 Å². The monoisotopic (exact) mass is 357 g/mol. The maximum absolute atomic E-state index is 12.3. The molecule has 0 radical (unpaired) electrons. The molecule has 1 saturated heterocycles. The fourth-order valence-electron chi connectivity index (χ4n) is 3.15. The molecule has 0 unspecified atom stereocenters. The molecule has 0 bridgehead atoms. The molecule has 0 saturated carbocycles. The summed E-state index contributed by atoms with van der Waals surface area (Å²) in [4.78, 5) is 25.8. The third-order valence-electron chi connectivity index (χ3n) is 4.40. The quantitative estimate of drug-likeness (QED) is 0.624. The first-order valence-corrected chi connectivity index (χ1v) is 8.55. The van der Waals surface area contributed by atoms with Gasteiger partial charge in [-0.2, -0.15) is 0 Å². The number of benzene rings is 2. The first kappa shape index (κ1) is 16.0. The van der Waals surface area contributed by atoms with Crippen molar-refractivity contribution in [2.45, 2.75) is 25.4 Å². The number of fused-ring (bicyclic) bond motifs is 1. The molecule has 2 heterocycles. The smallest absolute Gasteiger partial charge is 0.353 e. The second kappa shape index (κ2) is 6.41. The Morgan fingerprint density at radius 2 is 2.00 bits per heavy atom. The zero-order valence-corrected chi connectivity index (χ0v) is 14.2. The lowest BCUT2D eigenvalue weighted by molar-refractivity contribution is -0.141. The molecular formula is C19H16ClNO4. The molecule has 1 fully saturated rings. The van der Waals surface area contributed by atoms with Crippen molar-refractivity contribution in [3.8, 4) is 11.5 Å². The molecule has 25 heavy (non-hydrogen) atoms. The predicted molar refractivity (Wildman–Crippen MR) is 93.2 cm³/mol. The van der Waals surface area contributed by atoms with Crippen LogP contribution in [0.4, 0.5) is 5.69 Å². The van der Waals surface area contributed by atoms with E-state index in [2.05, 4.69) is 0 Å². The number of halogens is 1. The summed E-state index contributed by atoms with van der Waals surface area (Å²) in [6.07, 6.45) is 1.22. The minimum atomic E-state index is -0.673. The van der Waals surface area contributed by atoms with E-state index in [1.807, 2.05) is 0 Å². The number of anilines is 1. The number of carbonyl (C=O) groups excluding carboxylic acids is 2. The van der Waals surface area contributed by atoms with E-state index in [9.17, 15) is 9.59 Å². The minimum absolute atomic E-state index is 0.125. The zero-order chi connectivity index (χ0) is 17.4. The predicted octanol–water partition coefficient (Wildman–Crippen LogP) is 3.38. The Kier molecular flexibility index (Phi) is 4.09. The van der Waals surface area contributed by atoms with E-state index >= 15 is 0 Å². The fraction of sp³-hybridized carbons (Fsp3) is 0.263. The molecule has 2 aliphatic rings. The van der Waals surface area contributed by atoms with E-state index in [-0.39, 0.29) is 5.91 Å². The van der Waals surface area contributed by atoms with Gasteiger partial charge < -0.3 is 14.4 Å². The first-order chi connectivity index (χ1) is 12.1. The third kappa shape index (κ3) is 3.20. The standard InChI is InChI=1S/C19H16ClNO4/c20-13-3-8-16-12(10-13)11-17(25-16)19(23)24-15-6-4-14(5-7-15)21-9-1-2-18(21)22/h3-8,10,17H,1-2,9,11H2/t17-/m1/s1. The summed E-state index contributed by atoms with van der Waals surface area (Å²) in [6.45, 7) is 0.731. The summed E-state index contributed by atoms with van der Waals surface area (Å²) in [6, 6.07) is 12.2. The Morgan fingerprint density at radius 1 is 1.20 bits per heavy atom. The topological polar surface area (TPSA) is 55.8 Å². The van der Waals surface area contributed by atoms with Gasteiger partial charge in [0.15, 0.2) is 6.10 Å². The maximum atomic E-state index is 12.3. The van der Waals surface area contributed by atoms with E-state index < -0.39 is 12.1 Å². The van der Waals surface area contributed by atoms with Crippen LogP contribution in [0.15, 0.2) is 42.5 Å². The van der Waals surface area contributed by atoms with Crippen molar-refractivity contribution < 1.29 is 19.1 Å². The Bertz CT molecular complexity index is 834. The zero-order valence-electron chi connectivity index (χ0n) is 13.4. The molecule has 0 N–H and O–H groups in total. The van der Waals surface area contributed by atoms with E-state index in [1.54, 1.807) is 47.4 Å². The van der Waals surface area contributed by atoms with Crippen molar-refractivity contribution in [3.05, 3.63) is 53.1 Å². The molecule has 2 aliphatic heterocycles. The van der Waals surface area contributed by atoms with E-state index in [0.29, 0.717) is 29.4 Å². The third-order valence-corrected chi connectivity index (χ3v) is 4.64. The maximum Gasteiger partial charge on any atom is 0.353 e. The summed E-state index contributed by atoms with van der Waals surface area (Å²) >= 11 is 5.96. The van der Waals surface area contributed by atoms with Crippen LogP contribution in [0.3, 0.4) is 0 Å². The highest BCUT2D eigenvalue weighted by Crippen LogP contribution is 2.32. The van der Waals surface area contributed by atoms with Gasteiger partial charge in [-0.15, -0.1) is 0 Å². The number of amides is 1. The van der Waals surface area contributed by atoms with Gasteiger partial charge in [-0.25, -0.2) is 4.79 Å². The van der Waals surface area contributed by atoms with Gasteiger partial charge in [-0.05, 0) is 54.4 Å². The second-order valence-corrected chi connectivity index (χ2v) is 6.56. The molecule has 1 amide bonds. The van der Waals surface area contributed by atoms with Gasteiger partial charge in [0.1, 0.15) is 11.5 Å². The van der Waals surface area contributed by atoms with Crippen LogP contribution >= 0.6 is 11.6 Å². The van der Waals surface area contributed by atoms with Crippen LogP contribution in [-0.2, 0) is 16.0 Å². The molecule has 128 valence electrons. The van der Waals surface area contributed by atoms with Gasteiger partial charge in [0.05, 0.1) is 0 Å². The van der Waals surface area contributed by atoms with Crippen LogP contribution in [0.25, 0.3) is 0 Å². The highest BCUT2D eigenvalue weighted by atomic mass is 35.5. The molecule has 0 aromatic heterocycles. The first-order valence-electron chi connectivity index (χ1n) is 8.17. The van der Waals surface area contributed by atoms with Gasteiger partial charge >= 0.3 is 5.97 Å². The van der Waals surface area contributed by atoms with Crippen LogP contribution in [-0.4, -0.2) is 24.5 Å². The number of ether oxygens (including phenoxy) is 2. The second-order valence-electron chi connectivity index (χ2n) is 6.13. The Hall–Kier alpha value is -2.53. The van der Waals surface area contributed by atoms with Gasteiger partial charge in [0.2, 0.25) is 5.91 Å². The lowest BCUT2D eigenvalue weighted by Gasteiger charge is -2.16. The summed E-state index contributed by atoms with van der Waals surface area (Å²) in [7, 11) is 0. The van der Waals surface area contributed by atoms with Crippen LogP contribution in [0.2, 0.25) is 5.02 Å². The minimum Gasteiger partial charge on any atom is -0.478 e. The molecule has 2 aromatic rings. The summed E-state index contributed by atoms with van der Waals surface area (Å²) < 4.78 is 11.0. The average Bonchev–Trinajstić information content (AvgIpc) is 3.21. The lowest BCUT2D eigenvalue weighted by Crippen LogP contribution is -2.29. The molecule has 6 heteroatoms. The average molecular weight is 358 g/mol. The van der Waals surface area contributed by atoms with Crippen molar-refractivity contribution in [1.29, 1.82) is 0 Å². The van der Waals surface area contributed by atoms with Gasteiger partial charge in [-0.3, -0.25) is 4.79 Å². The summed E-state index contributed by atoms with van der Waals surface area (Å²) in [5.41, 5.74) is 1.72. The summed E-state index contributed by atoms with van der Waals surface area (Å²) in [5.74, 6) is 0.769. The van der Waals surface area contributed by atoms with Crippen molar-refractivity contribution in [1.82, 2.24) is 0 Å². The highest BCUT2D eigenvalue weighted by molar-refractivity contribution is 6.30. The number of nitrogens with zero attached hydrogens (tertiary/aromatic N) is 1. The number of esters is 1. The molecule has 1 atom stereocenters. The Balaban J connectivity index is 1.41. The number of rotatable bonds is 3. The molecule has 5 nitrogen and oxygen atoms in total. The molecule has 0 aliphatic carbocycles. The lowest BCUT2D eigenvalue weighted by atomic mass is 10.1. The SMILES string of the molecule is O=C(Oc1ccc(N2CCCC2=O)cc1)[C@H]1Cc2cc(Cl)ccc2O1. The Morgan fingerprint density at radius 3 is 2.72 bits per heavy atom. The fourth-order valence-corrected chi connectivity index (χ4v) is 3.34. The van der Waals surface area contributed by atoms with Gasteiger partial charge in [0.25, 0.3) is 0 Å². The largest absolute Gasteiger partial charge is 0.478 e. The van der Waals surface area contributed by atoms with Crippen molar-refractivity contribution >= 4 is 29.2 Å². The van der Waals surface area contributed by atoms with E-state index in [4.69, 9.17) is 21.1 Å². The number of hydrogen-bond acceptors (Lipinski definition) is 4. The number of carbonyl (C=O) groups is 2. The highest BCUT2D eigenvalue weighted by Gasteiger charge is 2.31. The van der Waals surface area contributed by atoms with E-state index in [0.717, 1.165) is 24.2 Å². The summed E-state index contributed by atoms with van der Waals surface area (Å²) in [5, 5.41) is 0.614. The van der Waals surface area contributed by atoms with Crippen LogP contribution in [0.1, 0.15) is 18.4 Å². The van der Waals surface area contributed by atoms with Gasteiger partial charge in [0, 0.05) is 30.1 Å². The van der Waals surface area contributed by atoms with E-state index in [1.165, 1.54) is 0 Å². The molecular weight excluding hydrogens is 342 g/mol. The Labute approximate surface area is 150 Å². The van der Waals surface area contributed by atoms with Crippen LogP contribution < -0.4 is 14.4 Å². The van der Waals surface area contributed by atoms with Crippen molar-refractivity contribution in [2.75, 3.05) is 11.4 Å². The van der Waals surface area contributed by atoms with Gasteiger partial charge in [-0.1, -0.05) is 11.6 Å². The number of hydrogen-bond donors (Lipinski definition) is 0. The normalized spacial score (nSPS) is 18.8. The molecule has 0 spiro atoms. The van der Waals surface area contributed by atoms with Crippen LogP contribution in [0, 0.1) is 0 Å². The van der Waals surface area contributed by atoms with Crippen molar-refractivity contribution in [2.24, 2.45) is 0 Å².